The molecule has 1 heterocycles. The minimum absolute atomic E-state index is 0.0514. The minimum Gasteiger partial charge on any atom is -0.224 e. The van der Waals surface area contributed by atoms with Gasteiger partial charge in [-0.25, -0.2) is 9.37 Å². The average Bonchev–Trinajstić information content (AvgIpc) is 2.94. The lowest BCUT2D eigenvalue weighted by Crippen LogP contribution is -1.97. The number of hydrogen-bond donors (Lipinski definition) is 0. The van der Waals surface area contributed by atoms with Gasteiger partial charge in [-0.3, -0.25) is 0 Å². The molecule has 0 aliphatic rings. The first-order chi connectivity index (χ1) is 10.1. The van der Waals surface area contributed by atoms with E-state index in [1.807, 2.05) is 56.3 Å². The molecular formula is C17H15FN2S. The lowest BCUT2D eigenvalue weighted by atomic mass is 9.97. The fraction of sp³-hybridized carbons (Fsp3) is 0.176. The van der Waals surface area contributed by atoms with E-state index in [1.54, 1.807) is 6.07 Å². The molecule has 0 aliphatic carbocycles. The van der Waals surface area contributed by atoms with Crippen molar-refractivity contribution < 1.29 is 4.39 Å². The molecule has 3 rings (SSSR count). The third-order valence-corrected chi connectivity index (χ3v) is 4.48. The van der Waals surface area contributed by atoms with Gasteiger partial charge < -0.3 is 0 Å². The molecule has 1 atom stereocenters. The number of aromatic nitrogens is 2. The number of hydrogen-bond acceptors (Lipinski definition) is 3. The van der Waals surface area contributed by atoms with Gasteiger partial charge in [0, 0.05) is 11.5 Å². The summed E-state index contributed by atoms with van der Waals surface area (Å²) in [6.45, 7) is 3.89. The normalized spacial score (nSPS) is 12.3. The van der Waals surface area contributed by atoms with E-state index in [9.17, 15) is 4.39 Å². The average molecular weight is 298 g/mol. The Hall–Kier alpha value is -2.07. The number of nitrogens with zero attached hydrogens (tertiary/aromatic N) is 2. The van der Waals surface area contributed by atoms with Gasteiger partial charge in [0.05, 0.1) is 0 Å². The Morgan fingerprint density at radius 1 is 1.10 bits per heavy atom. The highest BCUT2D eigenvalue weighted by molar-refractivity contribution is 7.05. The fourth-order valence-electron chi connectivity index (χ4n) is 2.28. The van der Waals surface area contributed by atoms with Gasteiger partial charge in [-0.05, 0) is 35.6 Å². The molecule has 0 aliphatic heterocycles. The zero-order valence-electron chi connectivity index (χ0n) is 11.9. The maximum atomic E-state index is 14.4. The summed E-state index contributed by atoms with van der Waals surface area (Å²) in [6, 6.07) is 15.0. The predicted molar refractivity (Wildman–Crippen MR) is 84.0 cm³/mol. The van der Waals surface area contributed by atoms with Crippen molar-refractivity contribution in [1.29, 1.82) is 0 Å². The Morgan fingerprint density at radius 2 is 1.86 bits per heavy atom. The van der Waals surface area contributed by atoms with Crippen molar-refractivity contribution in [1.82, 2.24) is 9.36 Å². The topological polar surface area (TPSA) is 25.8 Å². The predicted octanol–water partition coefficient (Wildman–Crippen LogP) is 4.80. The van der Waals surface area contributed by atoms with Gasteiger partial charge in [-0.15, -0.1) is 0 Å². The van der Waals surface area contributed by atoms with Crippen LogP contribution in [0.2, 0.25) is 0 Å². The molecule has 0 N–H and O–H groups in total. The highest BCUT2D eigenvalue weighted by atomic mass is 32.1. The Morgan fingerprint density at radius 3 is 2.48 bits per heavy atom. The van der Waals surface area contributed by atoms with Gasteiger partial charge in [0.25, 0.3) is 0 Å². The molecule has 1 unspecified atom stereocenters. The third-order valence-electron chi connectivity index (χ3n) is 3.49. The summed E-state index contributed by atoms with van der Waals surface area (Å²) in [5, 5.41) is 0.916. The number of aryl methyl sites for hydroxylation is 1. The molecule has 106 valence electrons. The molecule has 0 fully saturated rings. The van der Waals surface area contributed by atoms with E-state index in [-0.39, 0.29) is 11.7 Å². The van der Waals surface area contributed by atoms with Gasteiger partial charge in [0.1, 0.15) is 16.6 Å². The van der Waals surface area contributed by atoms with E-state index in [2.05, 4.69) is 9.36 Å². The smallest absolute Gasteiger partial charge is 0.139 e. The lowest BCUT2D eigenvalue weighted by Gasteiger charge is -2.10. The maximum Gasteiger partial charge on any atom is 0.139 e. The Bertz CT molecular complexity index is 752. The first-order valence-corrected chi connectivity index (χ1v) is 7.57. The number of benzene rings is 2. The zero-order chi connectivity index (χ0) is 14.8. The van der Waals surface area contributed by atoms with Crippen LogP contribution in [0.1, 0.15) is 29.2 Å². The summed E-state index contributed by atoms with van der Waals surface area (Å²) < 4.78 is 18.6. The molecule has 0 amide bonds. The third kappa shape index (κ3) is 2.85. The monoisotopic (exact) mass is 298 g/mol. The van der Waals surface area contributed by atoms with Crippen molar-refractivity contribution in [2.45, 2.75) is 19.8 Å². The highest BCUT2D eigenvalue weighted by Crippen LogP contribution is 2.29. The molecule has 0 radical (unpaired) electrons. The van der Waals surface area contributed by atoms with Gasteiger partial charge in [-0.2, -0.15) is 4.37 Å². The maximum absolute atomic E-state index is 14.4. The Balaban J connectivity index is 1.94. The minimum atomic E-state index is -0.202. The van der Waals surface area contributed by atoms with Crippen molar-refractivity contribution in [2.75, 3.05) is 0 Å². The van der Waals surface area contributed by atoms with Gasteiger partial charge >= 0.3 is 0 Å². The molecule has 2 aromatic carbocycles. The largest absolute Gasteiger partial charge is 0.224 e. The van der Waals surface area contributed by atoms with Crippen LogP contribution in [0.5, 0.6) is 0 Å². The first kappa shape index (κ1) is 13.9. The second-order valence-electron chi connectivity index (χ2n) is 5.01. The highest BCUT2D eigenvalue weighted by Gasteiger charge is 2.15. The summed E-state index contributed by atoms with van der Waals surface area (Å²) in [4.78, 5) is 4.38. The molecule has 2 nitrogen and oxygen atoms in total. The van der Waals surface area contributed by atoms with Crippen molar-refractivity contribution in [3.63, 3.8) is 0 Å². The van der Waals surface area contributed by atoms with E-state index in [0.717, 1.165) is 22.0 Å². The summed E-state index contributed by atoms with van der Waals surface area (Å²) in [5.74, 6) is 0.616. The van der Waals surface area contributed by atoms with Crippen LogP contribution in [0.25, 0.3) is 11.1 Å². The Labute approximate surface area is 127 Å². The van der Waals surface area contributed by atoms with Gasteiger partial charge in [-0.1, -0.05) is 49.4 Å². The van der Waals surface area contributed by atoms with Crippen molar-refractivity contribution in [3.05, 3.63) is 70.7 Å². The standard InChI is InChI=1S/C17H15FN2S/c1-11(17-19-12(2)20-21-17)14-8-9-15(16(18)10-14)13-6-4-3-5-7-13/h3-11H,1-2H3. The summed E-state index contributed by atoms with van der Waals surface area (Å²) in [6.07, 6.45) is 0. The number of rotatable bonds is 3. The summed E-state index contributed by atoms with van der Waals surface area (Å²) in [7, 11) is 0. The zero-order valence-corrected chi connectivity index (χ0v) is 12.7. The molecule has 0 spiro atoms. The van der Waals surface area contributed by atoms with E-state index in [0.29, 0.717) is 5.56 Å². The van der Waals surface area contributed by atoms with Gasteiger partial charge in [0.15, 0.2) is 0 Å². The molecule has 1 aromatic heterocycles. The van der Waals surface area contributed by atoms with E-state index >= 15 is 0 Å². The van der Waals surface area contributed by atoms with Crippen molar-refractivity contribution >= 4 is 11.5 Å². The SMILES string of the molecule is Cc1nsc(C(C)c2ccc(-c3ccccc3)c(F)c2)n1. The Kier molecular flexibility index (Phi) is 3.80. The quantitative estimate of drug-likeness (QED) is 0.694. The molecule has 3 aromatic rings. The molecule has 21 heavy (non-hydrogen) atoms. The first-order valence-electron chi connectivity index (χ1n) is 6.80. The lowest BCUT2D eigenvalue weighted by molar-refractivity contribution is 0.627. The second kappa shape index (κ2) is 5.74. The van der Waals surface area contributed by atoms with E-state index < -0.39 is 0 Å². The van der Waals surface area contributed by atoms with Crippen LogP contribution in [0, 0.1) is 12.7 Å². The van der Waals surface area contributed by atoms with Crippen LogP contribution in [0.15, 0.2) is 48.5 Å². The molecule has 0 saturated carbocycles. The summed E-state index contributed by atoms with van der Waals surface area (Å²) >= 11 is 1.38. The van der Waals surface area contributed by atoms with Crippen molar-refractivity contribution in [2.24, 2.45) is 0 Å². The van der Waals surface area contributed by atoms with E-state index in [4.69, 9.17) is 0 Å². The summed E-state index contributed by atoms with van der Waals surface area (Å²) in [5.41, 5.74) is 2.43. The van der Waals surface area contributed by atoms with Crippen LogP contribution < -0.4 is 0 Å². The van der Waals surface area contributed by atoms with Gasteiger partial charge in [0.2, 0.25) is 0 Å². The van der Waals surface area contributed by atoms with Crippen LogP contribution in [0.4, 0.5) is 4.39 Å². The molecule has 0 bridgehead atoms. The van der Waals surface area contributed by atoms with Crippen molar-refractivity contribution in [3.8, 4) is 11.1 Å². The van der Waals surface area contributed by atoms with Crippen LogP contribution in [-0.2, 0) is 0 Å². The number of halogens is 1. The second-order valence-corrected chi connectivity index (χ2v) is 5.79. The van der Waals surface area contributed by atoms with Crippen LogP contribution in [0.3, 0.4) is 0 Å². The van der Waals surface area contributed by atoms with E-state index in [1.165, 1.54) is 11.5 Å². The molecule has 4 heteroatoms. The van der Waals surface area contributed by atoms with Crippen LogP contribution in [-0.4, -0.2) is 9.36 Å². The molecular weight excluding hydrogens is 283 g/mol. The fourth-order valence-corrected chi connectivity index (χ4v) is 3.02. The molecule has 0 saturated heterocycles. The van der Waals surface area contributed by atoms with Crippen LogP contribution >= 0.6 is 11.5 Å².